The number of benzene rings is 1. The van der Waals surface area contributed by atoms with Gasteiger partial charge in [0.05, 0.1) is 6.20 Å². The van der Waals surface area contributed by atoms with Crippen LogP contribution in [0.25, 0.3) is 16.8 Å². The zero-order valence-electron chi connectivity index (χ0n) is 14.3. The number of nitrogens with zero attached hydrogens (tertiary/aromatic N) is 4. The minimum atomic E-state index is 0.743. The molecule has 0 spiro atoms. The molecule has 0 fully saturated rings. The number of pyridine rings is 1. The molecule has 0 unspecified atom stereocenters. The molecule has 25 heavy (non-hydrogen) atoms. The fraction of sp³-hybridized carbons (Fsp3) is 0.150. The smallest absolute Gasteiger partial charge is 0.165 e. The molecule has 3 heterocycles. The SMILES string of the molecule is Cc1ccc(CNc2ccnc3c(-c4cccnc4)cnn23)c(C)c1. The van der Waals surface area contributed by atoms with Gasteiger partial charge in [-0.1, -0.05) is 29.8 Å². The van der Waals surface area contributed by atoms with Gasteiger partial charge < -0.3 is 5.32 Å². The molecule has 4 aromatic rings. The van der Waals surface area contributed by atoms with Gasteiger partial charge in [-0.25, -0.2) is 4.98 Å². The summed E-state index contributed by atoms with van der Waals surface area (Å²) in [5.41, 5.74) is 6.64. The van der Waals surface area contributed by atoms with Crippen molar-refractivity contribution >= 4 is 11.5 Å². The van der Waals surface area contributed by atoms with E-state index in [0.717, 1.165) is 29.1 Å². The Morgan fingerprint density at radius 3 is 2.76 bits per heavy atom. The first kappa shape index (κ1) is 15.3. The Bertz CT molecular complexity index is 1020. The average Bonchev–Trinajstić information content (AvgIpc) is 3.06. The van der Waals surface area contributed by atoms with Gasteiger partial charge in [0.15, 0.2) is 5.65 Å². The van der Waals surface area contributed by atoms with Crippen molar-refractivity contribution in [3.05, 3.63) is 77.9 Å². The number of anilines is 1. The molecule has 0 atom stereocenters. The highest BCUT2D eigenvalue weighted by Gasteiger charge is 2.10. The quantitative estimate of drug-likeness (QED) is 0.614. The third kappa shape index (κ3) is 2.96. The molecule has 0 radical (unpaired) electrons. The summed E-state index contributed by atoms with van der Waals surface area (Å²) in [6, 6.07) is 12.4. The van der Waals surface area contributed by atoms with Crippen LogP contribution in [-0.4, -0.2) is 19.6 Å². The fourth-order valence-electron chi connectivity index (χ4n) is 2.98. The van der Waals surface area contributed by atoms with Crippen LogP contribution >= 0.6 is 0 Å². The number of aryl methyl sites for hydroxylation is 2. The topological polar surface area (TPSA) is 55.1 Å². The molecule has 3 aromatic heterocycles. The summed E-state index contributed by atoms with van der Waals surface area (Å²) in [7, 11) is 0. The van der Waals surface area contributed by atoms with E-state index in [0.29, 0.717) is 0 Å². The van der Waals surface area contributed by atoms with Crippen LogP contribution in [0, 0.1) is 13.8 Å². The van der Waals surface area contributed by atoms with Crippen LogP contribution in [0.15, 0.2) is 61.2 Å². The van der Waals surface area contributed by atoms with Crippen molar-refractivity contribution in [1.82, 2.24) is 19.6 Å². The van der Waals surface area contributed by atoms with Gasteiger partial charge in [0.2, 0.25) is 0 Å². The maximum Gasteiger partial charge on any atom is 0.165 e. The Labute approximate surface area is 146 Å². The summed E-state index contributed by atoms with van der Waals surface area (Å²) >= 11 is 0. The molecule has 1 aromatic carbocycles. The lowest BCUT2D eigenvalue weighted by molar-refractivity contribution is 0.923. The number of hydrogen-bond donors (Lipinski definition) is 1. The van der Waals surface area contributed by atoms with E-state index < -0.39 is 0 Å². The second-order valence-electron chi connectivity index (χ2n) is 6.15. The Hall–Kier alpha value is -3.21. The zero-order valence-corrected chi connectivity index (χ0v) is 14.3. The fourth-order valence-corrected chi connectivity index (χ4v) is 2.98. The van der Waals surface area contributed by atoms with E-state index in [1.54, 1.807) is 12.4 Å². The van der Waals surface area contributed by atoms with Crippen molar-refractivity contribution in [2.75, 3.05) is 5.32 Å². The summed E-state index contributed by atoms with van der Waals surface area (Å²) < 4.78 is 1.84. The molecule has 1 N–H and O–H groups in total. The van der Waals surface area contributed by atoms with Crippen molar-refractivity contribution in [1.29, 1.82) is 0 Å². The van der Waals surface area contributed by atoms with E-state index in [1.807, 2.05) is 35.1 Å². The summed E-state index contributed by atoms with van der Waals surface area (Å²) in [5.74, 6) is 0.917. The first-order valence-electron chi connectivity index (χ1n) is 8.25. The van der Waals surface area contributed by atoms with Crippen LogP contribution in [0.1, 0.15) is 16.7 Å². The molecule has 5 heteroatoms. The summed E-state index contributed by atoms with van der Waals surface area (Å²) in [4.78, 5) is 8.68. The van der Waals surface area contributed by atoms with Crippen molar-refractivity contribution in [3.63, 3.8) is 0 Å². The van der Waals surface area contributed by atoms with Crippen molar-refractivity contribution in [3.8, 4) is 11.1 Å². The normalized spacial score (nSPS) is 11.0. The second-order valence-corrected chi connectivity index (χ2v) is 6.15. The number of fused-ring (bicyclic) bond motifs is 1. The van der Waals surface area contributed by atoms with Gasteiger partial charge in [-0.2, -0.15) is 9.61 Å². The molecular weight excluding hydrogens is 310 g/mol. The van der Waals surface area contributed by atoms with Gasteiger partial charge in [-0.3, -0.25) is 4.98 Å². The van der Waals surface area contributed by atoms with Crippen LogP contribution in [0.3, 0.4) is 0 Å². The number of nitrogens with one attached hydrogen (secondary N) is 1. The molecule has 0 amide bonds. The highest BCUT2D eigenvalue weighted by atomic mass is 15.3. The molecule has 0 saturated carbocycles. The van der Waals surface area contributed by atoms with Gasteiger partial charge >= 0.3 is 0 Å². The molecular formula is C20H19N5. The van der Waals surface area contributed by atoms with E-state index in [9.17, 15) is 0 Å². The second kappa shape index (κ2) is 6.36. The van der Waals surface area contributed by atoms with Crippen LogP contribution < -0.4 is 5.32 Å². The minimum absolute atomic E-state index is 0.743. The van der Waals surface area contributed by atoms with Gasteiger partial charge in [-0.15, -0.1) is 0 Å². The van der Waals surface area contributed by atoms with Crippen LogP contribution in [0.5, 0.6) is 0 Å². The first-order valence-corrected chi connectivity index (χ1v) is 8.25. The van der Waals surface area contributed by atoms with Gasteiger partial charge in [0.1, 0.15) is 5.82 Å². The van der Waals surface area contributed by atoms with E-state index in [2.05, 4.69) is 52.4 Å². The Morgan fingerprint density at radius 1 is 1.04 bits per heavy atom. The van der Waals surface area contributed by atoms with Crippen LogP contribution in [0.4, 0.5) is 5.82 Å². The molecule has 0 aliphatic heterocycles. The number of hydrogen-bond acceptors (Lipinski definition) is 4. The highest BCUT2D eigenvalue weighted by molar-refractivity contribution is 5.77. The van der Waals surface area contributed by atoms with Gasteiger partial charge in [0.25, 0.3) is 0 Å². The third-order valence-electron chi connectivity index (χ3n) is 4.33. The summed E-state index contributed by atoms with van der Waals surface area (Å²) in [5, 5.41) is 7.98. The van der Waals surface area contributed by atoms with Crippen LogP contribution in [-0.2, 0) is 6.54 Å². The van der Waals surface area contributed by atoms with E-state index >= 15 is 0 Å². The van der Waals surface area contributed by atoms with Crippen molar-refractivity contribution < 1.29 is 0 Å². The van der Waals surface area contributed by atoms with Gasteiger partial charge in [0, 0.05) is 36.3 Å². The standard InChI is InChI=1S/C20H19N5/c1-14-5-6-16(15(2)10-14)12-23-19-7-9-22-20-18(13-24-25(19)20)17-4-3-8-21-11-17/h3-11,13,23H,12H2,1-2H3. The highest BCUT2D eigenvalue weighted by Crippen LogP contribution is 2.24. The first-order chi connectivity index (χ1) is 12.2. The Morgan fingerprint density at radius 2 is 1.96 bits per heavy atom. The lowest BCUT2D eigenvalue weighted by Gasteiger charge is -2.11. The monoisotopic (exact) mass is 329 g/mol. The van der Waals surface area contributed by atoms with E-state index in [-0.39, 0.29) is 0 Å². The largest absolute Gasteiger partial charge is 0.366 e. The molecule has 5 nitrogen and oxygen atoms in total. The van der Waals surface area contributed by atoms with Gasteiger partial charge in [-0.05, 0) is 37.1 Å². The minimum Gasteiger partial charge on any atom is -0.366 e. The Kier molecular flexibility index (Phi) is 3.90. The molecule has 0 aliphatic carbocycles. The maximum absolute atomic E-state index is 4.51. The van der Waals surface area contributed by atoms with Crippen LogP contribution in [0.2, 0.25) is 0 Å². The molecule has 0 saturated heterocycles. The summed E-state index contributed by atoms with van der Waals surface area (Å²) in [6.45, 7) is 4.99. The maximum atomic E-state index is 4.51. The zero-order chi connectivity index (χ0) is 17.2. The van der Waals surface area contributed by atoms with Crippen molar-refractivity contribution in [2.45, 2.75) is 20.4 Å². The molecule has 4 rings (SSSR count). The number of aromatic nitrogens is 4. The van der Waals surface area contributed by atoms with E-state index in [4.69, 9.17) is 0 Å². The lowest BCUT2D eigenvalue weighted by Crippen LogP contribution is -2.06. The molecule has 0 bridgehead atoms. The summed E-state index contributed by atoms with van der Waals surface area (Å²) in [6.07, 6.45) is 7.23. The predicted molar refractivity (Wildman–Crippen MR) is 99.5 cm³/mol. The molecule has 0 aliphatic rings. The predicted octanol–water partition coefficient (Wildman–Crippen LogP) is 4.02. The number of rotatable bonds is 4. The lowest BCUT2D eigenvalue weighted by atomic mass is 10.1. The third-order valence-corrected chi connectivity index (χ3v) is 4.33. The Balaban J connectivity index is 1.66. The average molecular weight is 329 g/mol. The molecule has 124 valence electrons. The van der Waals surface area contributed by atoms with E-state index in [1.165, 1.54) is 16.7 Å². The van der Waals surface area contributed by atoms with Crippen molar-refractivity contribution in [2.24, 2.45) is 0 Å².